The Kier molecular flexibility index (Phi) is 5.13. The molecule has 0 aromatic carbocycles. The third-order valence-corrected chi connectivity index (χ3v) is 13.7. The van der Waals surface area contributed by atoms with Crippen molar-refractivity contribution >= 4 is 15.8 Å². The Labute approximate surface area is 169 Å². The summed E-state index contributed by atoms with van der Waals surface area (Å²) in [6.07, 6.45) is 3.81. The first-order chi connectivity index (χ1) is 11.9. The van der Waals surface area contributed by atoms with Gasteiger partial charge in [0, 0.05) is 12.8 Å². The summed E-state index contributed by atoms with van der Waals surface area (Å²) in [4.78, 5) is 0. The predicted octanol–water partition coefficient (Wildman–Crippen LogP) is 6.84. The average molecular weight is 415 g/mol. The lowest BCUT2D eigenvalue weighted by molar-refractivity contribution is -0.468. The molecule has 4 atom stereocenters. The maximum atomic E-state index is 6.57. The molecular weight excluding hydrogens is 374 g/mol. The third-order valence-electron chi connectivity index (χ3n) is 6.13. The highest BCUT2D eigenvalue weighted by Gasteiger charge is 2.70. The van der Waals surface area contributed by atoms with Gasteiger partial charge in [-0.3, -0.25) is 0 Å². The van der Waals surface area contributed by atoms with E-state index in [9.17, 15) is 0 Å². The fourth-order valence-corrected chi connectivity index (χ4v) is 13.4. The Morgan fingerprint density at radius 1 is 0.852 bits per heavy atom. The molecule has 0 amide bonds. The molecule has 0 aromatic rings. The standard InChI is InChI=1S/C22H40O3P2/c1-16(12-26(17(2,3)4)18(5,6)7)13-27-21(10)14-19(8)23-20(9,25-21)15-22(27,11)24-19/h1,12-15H2,2-11H3. The summed E-state index contributed by atoms with van der Waals surface area (Å²) in [6.45, 7) is 27.6. The summed E-state index contributed by atoms with van der Waals surface area (Å²) in [5, 5.41) is 0.335. The van der Waals surface area contributed by atoms with Crippen LogP contribution in [0.2, 0.25) is 0 Å². The Hall–Kier alpha value is 0.480. The van der Waals surface area contributed by atoms with Crippen LogP contribution < -0.4 is 0 Å². The lowest BCUT2D eigenvalue weighted by atomic mass is 9.98. The van der Waals surface area contributed by atoms with Crippen LogP contribution >= 0.6 is 15.8 Å². The first kappa shape index (κ1) is 22.2. The van der Waals surface area contributed by atoms with Crippen LogP contribution in [0.5, 0.6) is 0 Å². The minimum Gasteiger partial charge on any atom is -0.339 e. The number of hydrogen-bond donors (Lipinski definition) is 0. The minimum absolute atomic E-state index is 0.155. The largest absolute Gasteiger partial charge is 0.339 e. The second kappa shape index (κ2) is 6.24. The Morgan fingerprint density at radius 2 is 1.26 bits per heavy atom. The molecule has 4 aliphatic rings. The van der Waals surface area contributed by atoms with Gasteiger partial charge in [0.05, 0.1) is 10.7 Å². The van der Waals surface area contributed by atoms with Crippen molar-refractivity contribution in [1.29, 1.82) is 0 Å². The molecule has 4 fully saturated rings. The lowest BCUT2D eigenvalue weighted by Gasteiger charge is -2.70. The molecule has 5 heteroatoms. The van der Waals surface area contributed by atoms with E-state index in [2.05, 4.69) is 75.8 Å². The van der Waals surface area contributed by atoms with E-state index in [1.54, 1.807) is 0 Å². The molecule has 4 rings (SSSR count). The van der Waals surface area contributed by atoms with Gasteiger partial charge in [0.1, 0.15) is 0 Å². The van der Waals surface area contributed by atoms with Gasteiger partial charge in [0.15, 0.2) is 11.6 Å². The molecule has 27 heavy (non-hydrogen) atoms. The van der Waals surface area contributed by atoms with E-state index in [1.807, 2.05) is 0 Å². The maximum Gasteiger partial charge on any atom is 0.173 e. The second-order valence-corrected chi connectivity index (χ2v) is 18.5. The van der Waals surface area contributed by atoms with Crippen molar-refractivity contribution in [3.05, 3.63) is 12.2 Å². The molecule has 0 aliphatic carbocycles. The van der Waals surface area contributed by atoms with E-state index in [4.69, 9.17) is 14.2 Å². The monoisotopic (exact) mass is 414 g/mol. The summed E-state index contributed by atoms with van der Waals surface area (Å²) in [5.74, 6) is -1.03. The summed E-state index contributed by atoms with van der Waals surface area (Å²) < 4.78 is 19.3. The summed E-state index contributed by atoms with van der Waals surface area (Å²) in [7, 11) is -0.662. The zero-order chi connectivity index (χ0) is 20.7. The van der Waals surface area contributed by atoms with Crippen molar-refractivity contribution < 1.29 is 14.2 Å². The van der Waals surface area contributed by atoms with E-state index in [1.165, 1.54) is 5.57 Å². The van der Waals surface area contributed by atoms with Crippen LogP contribution in [-0.4, -0.2) is 44.9 Å². The van der Waals surface area contributed by atoms with Crippen molar-refractivity contribution in [2.45, 2.75) is 115 Å². The van der Waals surface area contributed by atoms with E-state index in [0.717, 1.165) is 25.2 Å². The SMILES string of the molecule is C=C(CP(C(C)(C)C)C(C)(C)C)CP1C2(C)CC3(C)OC(C)(CC1(C)O3)O2. The topological polar surface area (TPSA) is 27.7 Å². The van der Waals surface area contributed by atoms with E-state index >= 15 is 0 Å². The molecule has 0 N–H and O–H groups in total. The molecule has 4 saturated heterocycles. The van der Waals surface area contributed by atoms with Crippen LogP contribution in [0.1, 0.15) is 82.1 Å². The Balaban J connectivity index is 1.81. The van der Waals surface area contributed by atoms with Crippen molar-refractivity contribution in [3.63, 3.8) is 0 Å². The summed E-state index contributed by atoms with van der Waals surface area (Å²) in [6, 6.07) is 0. The van der Waals surface area contributed by atoms with Crippen LogP contribution in [0, 0.1) is 0 Å². The smallest absolute Gasteiger partial charge is 0.173 e. The molecule has 4 unspecified atom stereocenters. The summed E-state index contributed by atoms with van der Waals surface area (Å²) in [5.41, 5.74) is 1.38. The zero-order valence-corrected chi connectivity index (χ0v) is 20.9. The van der Waals surface area contributed by atoms with E-state index in [-0.39, 0.29) is 18.6 Å². The highest BCUT2D eigenvalue weighted by molar-refractivity contribution is 7.62. The normalized spacial score (nSPS) is 44.2. The van der Waals surface area contributed by atoms with Gasteiger partial charge in [0.25, 0.3) is 0 Å². The van der Waals surface area contributed by atoms with Crippen molar-refractivity contribution in [2.24, 2.45) is 0 Å². The molecule has 0 saturated carbocycles. The molecule has 4 bridgehead atoms. The Morgan fingerprint density at radius 3 is 1.63 bits per heavy atom. The highest BCUT2D eigenvalue weighted by Crippen LogP contribution is 2.77. The van der Waals surface area contributed by atoms with Gasteiger partial charge in [-0.2, -0.15) is 0 Å². The summed E-state index contributed by atoms with van der Waals surface area (Å²) >= 11 is 0. The molecule has 0 radical (unpaired) electrons. The van der Waals surface area contributed by atoms with E-state index < -0.39 is 19.5 Å². The number of allylic oxidation sites excluding steroid dienone is 1. The highest BCUT2D eigenvalue weighted by atomic mass is 31.1. The average Bonchev–Trinajstić information content (AvgIpc) is 2.33. The minimum atomic E-state index is -0.516. The van der Waals surface area contributed by atoms with Crippen LogP contribution in [0.3, 0.4) is 0 Å². The van der Waals surface area contributed by atoms with Crippen LogP contribution in [0.25, 0.3) is 0 Å². The van der Waals surface area contributed by atoms with Crippen molar-refractivity contribution in [3.8, 4) is 0 Å². The molecule has 4 aliphatic heterocycles. The number of hydrogen-bond acceptors (Lipinski definition) is 3. The molecular formula is C22H40O3P2. The van der Waals surface area contributed by atoms with Crippen molar-refractivity contribution in [1.82, 2.24) is 0 Å². The van der Waals surface area contributed by atoms with Crippen LogP contribution in [-0.2, 0) is 14.2 Å². The number of ether oxygens (including phenoxy) is 3. The van der Waals surface area contributed by atoms with Crippen LogP contribution in [0.15, 0.2) is 12.2 Å². The molecule has 0 aromatic heterocycles. The predicted molar refractivity (Wildman–Crippen MR) is 118 cm³/mol. The van der Waals surface area contributed by atoms with Crippen molar-refractivity contribution in [2.75, 3.05) is 12.3 Å². The first-order valence-electron chi connectivity index (χ1n) is 10.2. The van der Waals surface area contributed by atoms with Gasteiger partial charge in [-0.15, -0.1) is 0 Å². The number of rotatable bonds is 4. The van der Waals surface area contributed by atoms with Crippen LogP contribution in [0.4, 0.5) is 0 Å². The fourth-order valence-electron chi connectivity index (χ4n) is 5.95. The lowest BCUT2D eigenvalue weighted by Crippen LogP contribution is -2.71. The van der Waals surface area contributed by atoms with Gasteiger partial charge >= 0.3 is 0 Å². The molecule has 0 spiro atoms. The first-order valence-corrected chi connectivity index (χ1v) is 13.3. The molecule has 4 heterocycles. The van der Waals surface area contributed by atoms with Gasteiger partial charge in [0.2, 0.25) is 0 Å². The zero-order valence-electron chi connectivity index (χ0n) is 19.2. The fraction of sp³-hybridized carbons (Fsp3) is 0.909. The van der Waals surface area contributed by atoms with E-state index in [0.29, 0.717) is 10.3 Å². The maximum absolute atomic E-state index is 6.57. The van der Waals surface area contributed by atoms with Gasteiger partial charge in [-0.1, -0.05) is 61.6 Å². The Bertz CT molecular complexity index is 572. The van der Waals surface area contributed by atoms with Gasteiger partial charge < -0.3 is 14.2 Å². The molecule has 156 valence electrons. The molecule has 3 nitrogen and oxygen atoms in total. The van der Waals surface area contributed by atoms with Gasteiger partial charge in [-0.05, 0) is 58.3 Å². The third kappa shape index (κ3) is 4.06. The second-order valence-electron chi connectivity index (χ2n) is 11.5. The quantitative estimate of drug-likeness (QED) is 0.372. The van der Waals surface area contributed by atoms with Gasteiger partial charge in [-0.25, -0.2) is 0 Å².